The Hall–Kier alpha value is -1.96. The van der Waals surface area contributed by atoms with Crippen molar-refractivity contribution in [3.05, 3.63) is 17.4 Å². The predicted octanol–water partition coefficient (Wildman–Crippen LogP) is 1.09. The quantitative estimate of drug-likeness (QED) is 0.819. The Bertz CT molecular complexity index is 540. The van der Waals surface area contributed by atoms with Gasteiger partial charge in [0.25, 0.3) is 0 Å². The van der Waals surface area contributed by atoms with Gasteiger partial charge in [-0.1, -0.05) is 6.92 Å². The molecule has 0 spiro atoms. The van der Waals surface area contributed by atoms with Crippen molar-refractivity contribution in [2.24, 2.45) is 7.05 Å². The number of hydrogen-bond donors (Lipinski definition) is 2. The number of nitrogens with zero attached hydrogens (tertiary/aromatic N) is 6. The highest BCUT2D eigenvalue weighted by atomic mass is 35.5. The molecule has 0 unspecified atom stereocenters. The van der Waals surface area contributed by atoms with Crippen molar-refractivity contribution in [1.29, 1.82) is 0 Å². The Morgan fingerprint density at radius 1 is 1.21 bits per heavy atom. The minimum atomic E-state index is 0.144. The van der Waals surface area contributed by atoms with Crippen LogP contribution in [0.25, 0.3) is 0 Å². The number of hydrogen-bond acceptors (Lipinski definition) is 7. The van der Waals surface area contributed by atoms with Crippen molar-refractivity contribution >= 4 is 23.5 Å². The first-order valence-corrected chi connectivity index (χ1v) is 6.29. The minimum absolute atomic E-state index is 0.144. The zero-order valence-corrected chi connectivity index (χ0v) is 11.5. The third kappa shape index (κ3) is 4.02. The van der Waals surface area contributed by atoms with Crippen LogP contribution in [-0.2, 0) is 13.6 Å². The Balaban J connectivity index is 2.01. The molecule has 0 aliphatic carbocycles. The van der Waals surface area contributed by atoms with Crippen LogP contribution in [0.2, 0.25) is 5.28 Å². The summed E-state index contributed by atoms with van der Waals surface area (Å²) in [6.45, 7) is 3.26. The maximum absolute atomic E-state index is 5.84. The van der Waals surface area contributed by atoms with Crippen molar-refractivity contribution in [1.82, 2.24) is 29.7 Å². The highest BCUT2D eigenvalue weighted by Crippen LogP contribution is 2.10. The molecule has 19 heavy (non-hydrogen) atoms. The molecule has 2 aromatic heterocycles. The summed E-state index contributed by atoms with van der Waals surface area (Å²) in [4.78, 5) is 16.3. The van der Waals surface area contributed by atoms with Gasteiger partial charge in [0.05, 0.1) is 6.54 Å². The second-order valence-corrected chi connectivity index (χ2v) is 4.20. The molecule has 0 bridgehead atoms. The van der Waals surface area contributed by atoms with E-state index in [1.54, 1.807) is 11.0 Å². The topological polar surface area (TPSA) is 93.4 Å². The van der Waals surface area contributed by atoms with Crippen molar-refractivity contribution < 1.29 is 0 Å². The SMILES string of the molecule is CCCNc1nc(Cl)nc(NCc2ncn(C)n2)n1. The Morgan fingerprint density at radius 3 is 2.58 bits per heavy atom. The molecule has 2 aromatic rings. The summed E-state index contributed by atoms with van der Waals surface area (Å²) in [6.07, 6.45) is 2.61. The fourth-order valence-electron chi connectivity index (χ4n) is 1.37. The lowest BCUT2D eigenvalue weighted by atomic mass is 10.5. The average Bonchev–Trinajstić information content (AvgIpc) is 2.79. The van der Waals surface area contributed by atoms with Crippen molar-refractivity contribution in [2.45, 2.75) is 19.9 Å². The van der Waals surface area contributed by atoms with E-state index in [4.69, 9.17) is 11.6 Å². The van der Waals surface area contributed by atoms with Crippen LogP contribution in [-0.4, -0.2) is 36.3 Å². The number of rotatable bonds is 6. The van der Waals surface area contributed by atoms with E-state index in [9.17, 15) is 0 Å². The average molecular weight is 283 g/mol. The van der Waals surface area contributed by atoms with Crippen LogP contribution in [0.5, 0.6) is 0 Å². The third-order valence-electron chi connectivity index (χ3n) is 2.19. The number of anilines is 2. The molecule has 9 heteroatoms. The lowest BCUT2D eigenvalue weighted by molar-refractivity contribution is 0.746. The van der Waals surface area contributed by atoms with Gasteiger partial charge in [-0.15, -0.1) is 0 Å². The number of nitrogens with one attached hydrogen (secondary N) is 2. The van der Waals surface area contributed by atoms with E-state index in [0.29, 0.717) is 24.3 Å². The van der Waals surface area contributed by atoms with Gasteiger partial charge >= 0.3 is 0 Å². The second-order valence-electron chi connectivity index (χ2n) is 3.87. The lowest BCUT2D eigenvalue weighted by Gasteiger charge is -2.06. The summed E-state index contributed by atoms with van der Waals surface area (Å²) in [7, 11) is 1.81. The van der Waals surface area contributed by atoms with Gasteiger partial charge in [0, 0.05) is 13.6 Å². The fraction of sp³-hybridized carbons (Fsp3) is 0.500. The smallest absolute Gasteiger partial charge is 0.229 e. The third-order valence-corrected chi connectivity index (χ3v) is 2.36. The van der Waals surface area contributed by atoms with E-state index in [1.165, 1.54) is 0 Å². The molecule has 2 rings (SSSR count). The standard InChI is InChI=1S/C10H15ClN8/c1-3-4-12-9-15-8(11)16-10(17-9)13-5-7-14-6-19(2)18-7/h6H,3-5H2,1-2H3,(H2,12,13,15,16,17). The predicted molar refractivity (Wildman–Crippen MR) is 71.9 cm³/mol. The maximum atomic E-state index is 5.84. The van der Waals surface area contributed by atoms with Crippen LogP contribution in [0.15, 0.2) is 6.33 Å². The van der Waals surface area contributed by atoms with E-state index >= 15 is 0 Å². The maximum Gasteiger partial charge on any atom is 0.229 e. The Kier molecular flexibility index (Phi) is 4.45. The summed E-state index contributed by atoms with van der Waals surface area (Å²) in [5.74, 6) is 1.51. The zero-order valence-electron chi connectivity index (χ0n) is 10.8. The summed E-state index contributed by atoms with van der Waals surface area (Å²) >= 11 is 5.84. The van der Waals surface area contributed by atoms with E-state index in [1.807, 2.05) is 7.05 Å². The minimum Gasteiger partial charge on any atom is -0.354 e. The fourth-order valence-corrected chi connectivity index (χ4v) is 1.53. The summed E-state index contributed by atoms with van der Waals surface area (Å²) < 4.78 is 1.63. The van der Waals surface area contributed by atoms with Crippen molar-refractivity contribution in [2.75, 3.05) is 17.2 Å². The van der Waals surface area contributed by atoms with Crippen LogP contribution in [0.3, 0.4) is 0 Å². The molecule has 0 saturated carbocycles. The van der Waals surface area contributed by atoms with Crippen molar-refractivity contribution in [3.8, 4) is 0 Å². The lowest BCUT2D eigenvalue weighted by Crippen LogP contribution is -2.10. The van der Waals surface area contributed by atoms with Gasteiger partial charge in [-0.25, -0.2) is 4.98 Å². The van der Waals surface area contributed by atoms with Gasteiger partial charge in [-0.2, -0.15) is 20.1 Å². The van der Waals surface area contributed by atoms with Crippen LogP contribution < -0.4 is 10.6 Å². The largest absolute Gasteiger partial charge is 0.354 e. The molecular formula is C10H15ClN8. The van der Waals surface area contributed by atoms with Crippen LogP contribution in [0.1, 0.15) is 19.2 Å². The summed E-state index contributed by atoms with van der Waals surface area (Å²) in [5, 5.41) is 10.3. The molecule has 0 aliphatic heterocycles. The van der Waals surface area contributed by atoms with Gasteiger partial charge in [0.1, 0.15) is 6.33 Å². The molecule has 0 aromatic carbocycles. The van der Waals surface area contributed by atoms with Crippen molar-refractivity contribution in [3.63, 3.8) is 0 Å². The molecule has 0 amide bonds. The normalized spacial score (nSPS) is 10.5. The van der Waals surface area contributed by atoms with Crippen LogP contribution in [0.4, 0.5) is 11.9 Å². The first-order chi connectivity index (χ1) is 9.17. The monoisotopic (exact) mass is 282 g/mol. The van der Waals surface area contributed by atoms with Gasteiger partial charge in [-0.05, 0) is 18.0 Å². The number of aromatic nitrogens is 6. The molecule has 8 nitrogen and oxygen atoms in total. The van der Waals surface area contributed by atoms with E-state index in [2.05, 4.69) is 42.6 Å². The molecule has 102 valence electrons. The summed E-state index contributed by atoms with van der Waals surface area (Å²) in [6, 6.07) is 0. The molecule has 0 radical (unpaired) electrons. The molecule has 0 atom stereocenters. The van der Waals surface area contributed by atoms with Gasteiger partial charge in [0.15, 0.2) is 5.82 Å². The van der Waals surface area contributed by atoms with E-state index in [-0.39, 0.29) is 5.28 Å². The van der Waals surface area contributed by atoms with Gasteiger partial charge < -0.3 is 10.6 Å². The molecule has 0 fully saturated rings. The second kappa shape index (κ2) is 6.28. The van der Waals surface area contributed by atoms with E-state index < -0.39 is 0 Å². The number of halogens is 1. The molecule has 2 N–H and O–H groups in total. The first kappa shape index (κ1) is 13.5. The molecule has 0 saturated heterocycles. The Morgan fingerprint density at radius 2 is 1.95 bits per heavy atom. The van der Waals surface area contributed by atoms with Gasteiger partial charge in [-0.3, -0.25) is 4.68 Å². The first-order valence-electron chi connectivity index (χ1n) is 5.91. The molecular weight excluding hydrogens is 268 g/mol. The highest BCUT2D eigenvalue weighted by molar-refractivity contribution is 6.28. The number of aryl methyl sites for hydroxylation is 1. The molecule has 2 heterocycles. The molecule has 0 aliphatic rings. The summed E-state index contributed by atoms with van der Waals surface area (Å²) in [5.41, 5.74) is 0. The van der Waals surface area contributed by atoms with E-state index in [0.717, 1.165) is 13.0 Å². The highest BCUT2D eigenvalue weighted by Gasteiger charge is 2.05. The Labute approximate surface area is 115 Å². The van der Waals surface area contributed by atoms with Gasteiger partial charge in [0.2, 0.25) is 17.2 Å². The van der Waals surface area contributed by atoms with Crippen LogP contribution in [0, 0.1) is 0 Å². The zero-order chi connectivity index (χ0) is 13.7. The van der Waals surface area contributed by atoms with Crippen LogP contribution >= 0.6 is 11.6 Å².